The van der Waals surface area contributed by atoms with Gasteiger partial charge in [-0.3, -0.25) is 4.55 Å². The summed E-state index contributed by atoms with van der Waals surface area (Å²) >= 11 is 2.82. The molecule has 31 heavy (non-hydrogen) atoms. The van der Waals surface area contributed by atoms with Crippen molar-refractivity contribution in [2.45, 2.75) is 11.8 Å². The molecule has 2 aromatic heterocycles. The van der Waals surface area contributed by atoms with E-state index < -0.39 is 21.3 Å². The summed E-state index contributed by atoms with van der Waals surface area (Å²) in [6.07, 6.45) is 0.216. The number of thiazole rings is 1. The topological polar surface area (TPSA) is 67.5 Å². The van der Waals surface area contributed by atoms with Crippen LogP contribution in [0.2, 0.25) is 0 Å². The first-order chi connectivity index (χ1) is 14.8. The molecule has 0 aliphatic carbocycles. The number of hydrogen-bond acceptors (Lipinski definition) is 5. The third kappa shape index (κ3) is 2.48. The number of aryl methyl sites for hydroxylation is 1. The lowest BCUT2D eigenvalue weighted by atomic mass is 10.0. The highest BCUT2D eigenvalue weighted by Crippen LogP contribution is 2.57. The Hall–Kier alpha value is -2.37. The van der Waals surface area contributed by atoms with E-state index in [1.54, 1.807) is 17.7 Å². The van der Waals surface area contributed by atoms with E-state index in [0.717, 1.165) is 20.3 Å². The highest BCUT2D eigenvalue weighted by atomic mass is 32.2. The van der Waals surface area contributed by atoms with Crippen LogP contribution < -0.4 is 13.8 Å². The minimum atomic E-state index is -4.45. The van der Waals surface area contributed by atoms with E-state index in [9.17, 15) is 13.0 Å². The molecule has 2 unspecified atom stereocenters. The van der Waals surface area contributed by atoms with Crippen LogP contribution in [0, 0.1) is 0 Å². The second-order valence-corrected chi connectivity index (χ2v) is 11.5. The van der Waals surface area contributed by atoms with Crippen LogP contribution in [0.15, 0.2) is 53.7 Å². The van der Waals surface area contributed by atoms with Gasteiger partial charge < -0.3 is 4.74 Å². The first-order valence-electron chi connectivity index (χ1n) is 9.63. The van der Waals surface area contributed by atoms with Crippen molar-refractivity contribution < 1.29 is 26.7 Å². The van der Waals surface area contributed by atoms with Crippen molar-refractivity contribution in [1.82, 2.24) is 4.48 Å². The van der Waals surface area contributed by atoms with Crippen LogP contribution in [0.3, 0.4) is 0 Å². The van der Waals surface area contributed by atoms with Crippen LogP contribution in [0.4, 0.5) is 10.1 Å². The van der Waals surface area contributed by atoms with Crippen LogP contribution in [-0.4, -0.2) is 24.9 Å². The molecule has 0 radical (unpaired) electrons. The van der Waals surface area contributed by atoms with Gasteiger partial charge in [0.1, 0.15) is 7.05 Å². The minimum Gasteiger partial charge on any atom is -0.404 e. The lowest BCUT2D eigenvalue weighted by Gasteiger charge is -2.45. The monoisotopic (exact) mass is 476 g/mol. The van der Waals surface area contributed by atoms with Gasteiger partial charge in [0.05, 0.1) is 13.0 Å². The highest BCUT2D eigenvalue weighted by molar-refractivity contribution is 7.86. The molecule has 1 saturated heterocycles. The molecule has 2 atom stereocenters. The summed E-state index contributed by atoms with van der Waals surface area (Å²) < 4.78 is 59.2. The van der Waals surface area contributed by atoms with Crippen molar-refractivity contribution in [1.29, 1.82) is 0 Å². The molecule has 158 valence electrons. The number of thiophene rings is 1. The van der Waals surface area contributed by atoms with Gasteiger partial charge >= 0.3 is 26.8 Å². The predicted molar refractivity (Wildman–Crippen MR) is 120 cm³/mol. The summed E-state index contributed by atoms with van der Waals surface area (Å²) in [5.74, 6) is -0.271. The maximum atomic E-state index is 16.1. The normalized spacial score (nSPS) is 24.4. The van der Waals surface area contributed by atoms with E-state index in [2.05, 4.69) is 0 Å². The predicted octanol–water partition coefficient (Wildman–Crippen LogP) is 4.55. The van der Waals surface area contributed by atoms with E-state index >= 15 is 4.39 Å². The second-order valence-electron chi connectivity index (χ2n) is 7.76. The fourth-order valence-electron chi connectivity index (χ4n) is 4.76. The zero-order valence-electron chi connectivity index (χ0n) is 16.3. The molecule has 10 heteroatoms. The van der Waals surface area contributed by atoms with Gasteiger partial charge in [-0.05, 0) is 34.2 Å². The smallest absolute Gasteiger partial charge is 0.348 e. The zero-order chi connectivity index (χ0) is 21.5. The van der Waals surface area contributed by atoms with Gasteiger partial charge in [-0.25, -0.2) is 4.48 Å². The van der Waals surface area contributed by atoms with Crippen LogP contribution in [0.25, 0.3) is 26.1 Å². The van der Waals surface area contributed by atoms with Gasteiger partial charge in [0.15, 0.2) is 15.5 Å². The third-order valence-corrected chi connectivity index (χ3v) is 9.80. The Morgan fingerprint density at radius 1 is 1.26 bits per heavy atom. The van der Waals surface area contributed by atoms with Gasteiger partial charge in [-0.1, -0.05) is 24.3 Å². The first-order valence-corrected chi connectivity index (χ1v) is 12.8. The number of hydrogen-bond donors (Lipinski definition) is 1. The van der Waals surface area contributed by atoms with Gasteiger partial charge in [0.2, 0.25) is 10.9 Å². The standard InChI is InChI=1S/C21H16FN2O4S3/c1-23-14-9-11-29-21(14)30-19(23)17(22)20-24(10-8-16(24)31(25,26)27)18-13-5-3-2-4-12(13)6-7-15(18)28-20/h2-7,9,11,16H,8,10H2,1H3/q+1/p+1. The van der Waals surface area contributed by atoms with Crippen LogP contribution in [0.5, 0.6) is 5.75 Å². The minimum absolute atomic E-state index is 0.0790. The Bertz CT molecular complexity index is 1540. The summed E-state index contributed by atoms with van der Waals surface area (Å²) in [4.78, 5) is 0. The fourth-order valence-corrected chi connectivity index (χ4v) is 8.06. The molecule has 6 nitrogen and oxygen atoms in total. The van der Waals surface area contributed by atoms with Crippen LogP contribution >= 0.6 is 22.7 Å². The molecule has 0 amide bonds. The van der Waals surface area contributed by atoms with Gasteiger partial charge in [0.25, 0.3) is 0 Å². The number of rotatable bonds is 2. The Balaban J connectivity index is 1.67. The lowest BCUT2D eigenvalue weighted by molar-refractivity contribution is -0.643. The largest absolute Gasteiger partial charge is 0.404 e. The summed E-state index contributed by atoms with van der Waals surface area (Å²) in [5, 5.41) is 2.76. The molecule has 1 spiro atoms. The van der Waals surface area contributed by atoms with Crippen molar-refractivity contribution in [2.75, 3.05) is 6.54 Å². The van der Waals surface area contributed by atoms with Crippen molar-refractivity contribution in [3.8, 4) is 5.75 Å². The molecule has 2 aliphatic rings. The zero-order valence-corrected chi connectivity index (χ0v) is 18.7. The molecular weight excluding hydrogens is 459 g/mol. The maximum Gasteiger partial charge on any atom is 0.348 e. The highest BCUT2D eigenvalue weighted by Gasteiger charge is 2.65. The maximum absolute atomic E-state index is 16.1. The molecule has 0 bridgehead atoms. The second kappa shape index (κ2) is 6.33. The lowest BCUT2D eigenvalue weighted by Crippen LogP contribution is -2.67. The van der Waals surface area contributed by atoms with Crippen molar-refractivity contribution in [3.05, 3.63) is 58.7 Å². The van der Waals surface area contributed by atoms with E-state index in [1.165, 1.54) is 22.7 Å². The molecule has 6 rings (SSSR count). The van der Waals surface area contributed by atoms with E-state index in [4.69, 9.17) is 4.74 Å². The summed E-state index contributed by atoms with van der Waals surface area (Å²) in [6.45, 7) is 0.317. The number of halogens is 1. The van der Waals surface area contributed by atoms with Crippen molar-refractivity contribution >= 4 is 64.6 Å². The molecule has 2 aliphatic heterocycles. The average molecular weight is 477 g/mol. The number of ether oxygens (including phenoxy) is 1. The van der Waals surface area contributed by atoms with Gasteiger partial charge in [0, 0.05) is 11.5 Å². The van der Waals surface area contributed by atoms with Gasteiger partial charge in [-0.15, -0.1) is 11.3 Å². The molecule has 4 heterocycles. The van der Waals surface area contributed by atoms with E-state index in [-0.39, 0.29) is 16.8 Å². The fraction of sp³-hybridized carbons (Fsp3) is 0.190. The number of aromatic nitrogens is 1. The third-order valence-electron chi connectivity index (χ3n) is 6.24. The Kier molecular flexibility index (Phi) is 3.95. The van der Waals surface area contributed by atoms with E-state index in [0.29, 0.717) is 23.0 Å². The number of nitrogens with zero attached hydrogens (tertiary/aromatic N) is 2. The summed E-state index contributed by atoms with van der Waals surface area (Å²) in [7, 11) is -2.67. The Labute approximate surface area is 185 Å². The van der Waals surface area contributed by atoms with E-state index in [1.807, 2.05) is 41.8 Å². The first kappa shape index (κ1) is 19.3. The molecular formula is C21H17FN2O4S3+2. The van der Waals surface area contributed by atoms with Crippen LogP contribution in [0.1, 0.15) is 11.4 Å². The molecule has 1 fully saturated rings. The molecule has 2 aromatic carbocycles. The molecule has 0 saturated carbocycles. The summed E-state index contributed by atoms with van der Waals surface area (Å²) in [5.41, 5.74) is 1.49. The molecule has 4 aromatic rings. The quantitative estimate of drug-likeness (QED) is 0.262. The Morgan fingerprint density at radius 3 is 2.77 bits per heavy atom. The Morgan fingerprint density at radius 2 is 2.06 bits per heavy atom. The SMILES string of the molecule is C[n+]1c(C(F)=C2Oc3ccc4ccccc4c3[N+]23CCC3S(=O)(=O)O)sc2sccc21. The van der Waals surface area contributed by atoms with Crippen LogP contribution in [-0.2, 0) is 17.2 Å². The summed E-state index contributed by atoms with van der Waals surface area (Å²) in [6, 6.07) is 13.1. The van der Waals surface area contributed by atoms with Gasteiger partial charge in [-0.2, -0.15) is 17.4 Å². The van der Waals surface area contributed by atoms with Crippen molar-refractivity contribution in [3.63, 3.8) is 0 Å². The molecule has 1 N–H and O–H groups in total. The number of benzene rings is 2. The average Bonchev–Trinajstić information content (AvgIpc) is 3.39. The number of quaternary nitrogens is 1. The van der Waals surface area contributed by atoms with Crippen molar-refractivity contribution in [2.24, 2.45) is 7.05 Å². The number of fused-ring (bicyclic) bond motifs is 5.